The highest BCUT2D eigenvalue weighted by molar-refractivity contribution is 7.89. The Balaban J connectivity index is 2.22. The summed E-state index contributed by atoms with van der Waals surface area (Å²) >= 11 is 5.94. The van der Waals surface area contributed by atoms with E-state index < -0.39 is 16.0 Å². The van der Waals surface area contributed by atoms with Crippen LogP contribution < -0.4 is 4.72 Å². The molecular formula is C15H14ClNO4S. The predicted octanol–water partition coefficient (Wildman–Crippen LogP) is 2.83. The van der Waals surface area contributed by atoms with Crippen LogP contribution in [-0.2, 0) is 16.6 Å². The van der Waals surface area contributed by atoms with Gasteiger partial charge in [0.05, 0.1) is 10.5 Å². The van der Waals surface area contributed by atoms with Crippen LogP contribution in [0.2, 0.25) is 5.02 Å². The lowest BCUT2D eigenvalue weighted by atomic mass is 10.1. The number of carbonyl (C=O) groups is 1. The fourth-order valence-corrected chi connectivity index (χ4v) is 3.46. The van der Waals surface area contributed by atoms with Gasteiger partial charge in [0.2, 0.25) is 10.0 Å². The number of aromatic carboxylic acids is 1. The van der Waals surface area contributed by atoms with Crippen LogP contribution >= 0.6 is 11.6 Å². The Morgan fingerprint density at radius 2 is 1.91 bits per heavy atom. The van der Waals surface area contributed by atoms with Crippen LogP contribution in [0.25, 0.3) is 0 Å². The van der Waals surface area contributed by atoms with Crippen molar-refractivity contribution in [2.24, 2.45) is 0 Å². The maximum Gasteiger partial charge on any atom is 0.335 e. The molecule has 0 radical (unpaired) electrons. The van der Waals surface area contributed by atoms with Crippen molar-refractivity contribution in [2.75, 3.05) is 0 Å². The SMILES string of the molecule is Cc1c(Cl)cccc1S(=O)(=O)NCc1cccc(C(=O)O)c1. The monoisotopic (exact) mass is 339 g/mol. The van der Waals surface area contributed by atoms with Crippen molar-refractivity contribution >= 4 is 27.6 Å². The van der Waals surface area contributed by atoms with Gasteiger partial charge in [0.15, 0.2) is 0 Å². The standard InChI is InChI=1S/C15H14ClNO4S/c1-10-13(16)6-3-7-14(10)22(20,21)17-9-11-4-2-5-12(8-11)15(18)19/h2-8,17H,9H2,1H3,(H,18,19). The Labute approximate surface area is 133 Å². The molecule has 2 N–H and O–H groups in total. The minimum Gasteiger partial charge on any atom is -0.478 e. The number of carboxylic acid groups (broad SMARTS) is 1. The summed E-state index contributed by atoms with van der Waals surface area (Å²) in [7, 11) is -3.73. The zero-order valence-electron chi connectivity index (χ0n) is 11.7. The first kappa shape index (κ1) is 16.5. The van der Waals surface area contributed by atoms with Crippen molar-refractivity contribution in [3.05, 3.63) is 64.2 Å². The van der Waals surface area contributed by atoms with Crippen LogP contribution in [0.4, 0.5) is 0 Å². The van der Waals surface area contributed by atoms with Crippen molar-refractivity contribution in [3.8, 4) is 0 Å². The first-order valence-electron chi connectivity index (χ1n) is 6.38. The summed E-state index contributed by atoms with van der Waals surface area (Å²) in [4.78, 5) is 11.0. The van der Waals surface area contributed by atoms with E-state index in [1.807, 2.05) is 0 Å². The fourth-order valence-electron chi connectivity index (χ4n) is 1.95. The summed E-state index contributed by atoms with van der Waals surface area (Å²) in [6.07, 6.45) is 0. The van der Waals surface area contributed by atoms with Gasteiger partial charge in [-0.1, -0.05) is 29.8 Å². The molecule has 0 spiro atoms. The molecule has 0 saturated heterocycles. The van der Waals surface area contributed by atoms with Gasteiger partial charge in [0.25, 0.3) is 0 Å². The van der Waals surface area contributed by atoms with E-state index in [0.29, 0.717) is 16.1 Å². The van der Waals surface area contributed by atoms with Crippen LogP contribution in [0.5, 0.6) is 0 Å². The average molecular weight is 340 g/mol. The highest BCUT2D eigenvalue weighted by Crippen LogP contribution is 2.22. The number of benzene rings is 2. The smallest absolute Gasteiger partial charge is 0.335 e. The van der Waals surface area contributed by atoms with Crippen molar-refractivity contribution in [3.63, 3.8) is 0 Å². The number of halogens is 1. The van der Waals surface area contributed by atoms with Crippen molar-refractivity contribution in [1.82, 2.24) is 4.72 Å². The molecule has 2 rings (SSSR count). The first-order valence-corrected chi connectivity index (χ1v) is 8.24. The Hall–Kier alpha value is -1.89. The minimum absolute atomic E-state index is 0.00456. The highest BCUT2D eigenvalue weighted by Gasteiger charge is 2.17. The van der Waals surface area contributed by atoms with E-state index in [4.69, 9.17) is 16.7 Å². The Bertz CT molecular complexity index is 818. The molecule has 0 atom stereocenters. The maximum atomic E-state index is 12.3. The number of hydrogen-bond donors (Lipinski definition) is 2. The summed E-state index contributed by atoms with van der Waals surface area (Å²) in [6, 6.07) is 10.7. The van der Waals surface area contributed by atoms with Crippen molar-refractivity contribution in [1.29, 1.82) is 0 Å². The number of nitrogens with one attached hydrogen (secondary N) is 1. The van der Waals surface area contributed by atoms with Gasteiger partial charge in [-0.05, 0) is 42.3 Å². The van der Waals surface area contributed by atoms with Gasteiger partial charge in [-0.3, -0.25) is 0 Å². The summed E-state index contributed by atoms with van der Waals surface area (Å²) in [5.41, 5.74) is 1.13. The molecule has 0 aromatic heterocycles. The molecule has 0 aliphatic rings. The molecule has 2 aromatic rings. The summed E-state index contributed by atoms with van der Waals surface area (Å²) in [6.45, 7) is 1.62. The summed E-state index contributed by atoms with van der Waals surface area (Å²) in [5, 5.41) is 9.30. The van der Waals surface area contributed by atoms with Gasteiger partial charge in [0.1, 0.15) is 0 Å². The van der Waals surface area contributed by atoms with Crippen LogP contribution in [0.15, 0.2) is 47.4 Å². The summed E-state index contributed by atoms with van der Waals surface area (Å²) in [5.74, 6) is -1.06. The van der Waals surface area contributed by atoms with Crippen LogP contribution in [0.1, 0.15) is 21.5 Å². The third kappa shape index (κ3) is 3.65. The Kier molecular flexibility index (Phi) is 4.85. The average Bonchev–Trinajstić information content (AvgIpc) is 2.48. The van der Waals surface area contributed by atoms with Gasteiger partial charge in [-0.15, -0.1) is 0 Å². The van der Waals surface area contributed by atoms with E-state index in [0.717, 1.165) is 0 Å². The largest absolute Gasteiger partial charge is 0.478 e. The number of sulfonamides is 1. The molecule has 2 aromatic carbocycles. The van der Waals surface area contributed by atoms with Gasteiger partial charge < -0.3 is 5.11 Å². The Morgan fingerprint density at radius 1 is 1.23 bits per heavy atom. The van der Waals surface area contributed by atoms with Crippen molar-refractivity contribution in [2.45, 2.75) is 18.4 Å². The van der Waals surface area contributed by atoms with Crippen molar-refractivity contribution < 1.29 is 18.3 Å². The van der Waals surface area contributed by atoms with Crippen LogP contribution in [0, 0.1) is 6.92 Å². The molecule has 0 unspecified atom stereocenters. The lowest BCUT2D eigenvalue weighted by molar-refractivity contribution is 0.0696. The lowest BCUT2D eigenvalue weighted by Crippen LogP contribution is -2.24. The molecule has 0 aliphatic carbocycles. The number of rotatable bonds is 5. The van der Waals surface area contributed by atoms with Gasteiger partial charge in [-0.2, -0.15) is 0 Å². The van der Waals surface area contributed by atoms with E-state index in [9.17, 15) is 13.2 Å². The van der Waals surface area contributed by atoms with Gasteiger partial charge in [0, 0.05) is 11.6 Å². The fraction of sp³-hybridized carbons (Fsp3) is 0.133. The maximum absolute atomic E-state index is 12.3. The molecule has 0 saturated carbocycles. The van der Waals surface area contributed by atoms with E-state index in [1.165, 1.54) is 18.2 Å². The highest BCUT2D eigenvalue weighted by atomic mass is 35.5. The van der Waals surface area contributed by atoms with E-state index in [2.05, 4.69) is 4.72 Å². The summed E-state index contributed by atoms with van der Waals surface area (Å²) < 4.78 is 27.1. The second kappa shape index (κ2) is 6.48. The predicted molar refractivity (Wildman–Crippen MR) is 83.6 cm³/mol. The van der Waals surface area contributed by atoms with E-state index in [1.54, 1.807) is 31.2 Å². The molecule has 0 bridgehead atoms. The lowest BCUT2D eigenvalue weighted by Gasteiger charge is -2.10. The number of hydrogen-bond acceptors (Lipinski definition) is 3. The Morgan fingerprint density at radius 3 is 2.59 bits per heavy atom. The molecule has 0 heterocycles. The third-order valence-electron chi connectivity index (χ3n) is 3.15. The van der Waals surface area contributed by atoms with Gasteiger partial charge >= 0.3 is 5.97 Å². The molecule has 0 amide bonds. The molecule has 0 fully saturated rings. The van der Waals surface area contributed by atoms with E-state index >= 15 is 0 Å². The topological polar surface area (TPSA) is 83.5 Å². The molecule has 116 valence electrons. The molecule has 0 aliphatic heterocycles. The van der Waals surface area contributed by atoms with Crippen LogP contribution in [0.3, 0.4) is 0 Å². The molecule has 5 nitrogen and oxygen atoms in total. The number of carboxylic acids is 1. The molecular weight excluding hydrogens is 326 g/mol. The second-order valence-electron chi connectivity index (χ2n) is 4.69. The quantitative estimate of drug-likeness (QED) is 0.877. The third-order valence-corrected chi connectivity index (χ3v) is 5.10. The molecule has 22 heavy (non-hydrogen) atoms. The zero-order chi connectivity index (χ0) is 16.3. The van der Waals surface area contributed by atoms with E-state index in [-0.39, 0.29) is 17.0 Å². The first-order chi connectivity index (χ1) is 10.3. The second-order valence-corrected chi connectivity index (χ2v) is 6.84. The zero-order valence-corrected chi connectivity index (χ0v) is 13.3. The van der Waals surface area contributed by atoms with Crippen LogP contribution in [-0.4, -0.2) is 19.5 Å². The minimum atomic E-state index is -3.73. The normalized spacial score (nSPS) is 11.4. The molecule has 7 heteroatoms. The van der Waals surface area contributed by atoms with Gasteiger partial charge in [-0.25, -0.2) is 17.9 Å².